The van der Waals surface area contributed by atoms with Crippen LogP contribution in [0.25, 0.3) is 0 Å². The molecule has 1 unspecified atom stereocenters. The summed E-state index contributed by atoms with van der Waals surface area (Å²) in [4.78, 5) is 11.9. The summed E-state index contributed by atoms with van der Waals surface area (Å²) in [6.45, 7) is 2.10. The van der Waals surface area contributed by atoms with Crippen LogP contribution in [0.4, 0.5) is 5.69 Å². The minimum Gasteiger partial charge on any atom is -0.368 e. The fourth-order valence-electron chi connectivity index (χ4n) is 2.04. The van der Waals surface area contributed by atoms with Gasteiger partial charge in [0.2, 0.25) is 0 Å². The summed E-state index contributed by atoms with van der Waals surface area (Å²) in [7, 11) is 0. The Morgan fingerprint density at radius 2 is 1.94 bits per heavy atom. The van der Waals surface area contributed by atoms with Crippen LogP contribution in [0.3, 0.4) is 0 Å². The number of thioether (sulfide) groups is 1. The lowest BCUT2D eigenvalue weighted by molar-refractivity contribution is 0.112. The molecule has 3 rings (SSSR count). The van der Waals surface area contributed by atoms with Crippen molar-refractivity contribution >= 4 is 23.7 Å². The largest absolute Gasteiger partial charge is 0.368 e. The summed E-state index contributed by atoms with van der Waals surface area (Å²) in [5, 5.41) is 3.73. The average molecular weight is 255 g/mol. The first-order valence-electron chi connectivity index (χ1n) is 5.85. The van der Waals surface area contributed by atoms with Crippen molar-refractivity contribution in [2.75, 3.05) is 5.32 Å². The number of hydrogen-bond acceptors (Lipinski definition) is 3. The molecule has 0 saturated heterocycles. The highest BCUT2D eigenvalue weighted by Gasteiger charge is 2.22. The zero-order valence-corrected chi connectivity index (χ0v) is 10.8. The number of rotatable bonds is 2. The van der Waals surface area contributed by atoms with Gasteiger partial charge in [-0.3, -0.25) is 4.79 Å². The normalized spacial score (nSPS) is 17.1. The molecule has 2 aromatic carbocycles. The van der Waals surface area contributed by atoms with Gasteiger partial charge in [0.05, 0.1) is 0 Å². The molecule has 0 radical (unpaired) electrons. The third kappa shape index (κ3) is 2.02. The Hall–Kier alpha value is -1.74. The molecular weight excluding hydrogens is 242 g/mol. The minimum absolute atomic E-state index is 0.238. The van der Waals surface area contributed by atoms with Gasteiger partial charge in [-0.15, -0.1) is 0 Å². The van der Waals surface area contributed by atoms with E-state index in [0.29, 0.717) is 0 Å². The average Bonchev–Trinajstić information content (AvgIpc) is 2.81. The van der Waals surface area contributed by atoms with E-state index in [9.17, 15) is 4.79 Å². The topological polar surface area (TPSA) is 29.1 Å². The Morgan fingerprint density at radius 3 is 2.67 bits per heavy atom. The van der Waals surface area contributed by atoms with Crippen molar-refractivity contribution in [3.63, 3.8) is 0 Å². The summed E-state index contributed by atoms with van der Waals surface area (Å²) >= 11 is 1.82. The third-order valence-electron chi connectivity index (χ3n) is 3.04. The number of aryl methyl sites for hydroxylation is 1. The molecule has 0 saturated carbocycles. The highest BCUT2D eigenvalue weighted by molar-refractivity contribution is 8.00. The van der Waals surface area contributed by atoms with Crippen LogP contribution < -0.4 is 5.32 Å². The Labute approximate surface area is 110 Å². The molecule has 18 heavy (non-hydrogen) atoms. The molecule has 90 valence electrons. The lowest BCUT2D eigenvalue weighted by Gasteiger charge is -2.10. The number of carbonyl (C=O) groups is 1. The monoisotopic (exact) mass is 255 g/mol. The van der Waals surface area contributed by atoms with Crippen molar-refractivity contribution in [1.29, 1.82) is 0 Å². The highest BCUT2D eigenvalue weighted by atomic mass is 32.2. The van der Waals surface area contributed by atoms with Crippen molar-refractivity contribution < 1.29 is 4.79 Å². The summed E-state index contributed by atoms with van der Waals surface area (Å²) in [6.07, 6.45) is 0.872. The maximum atomic E-state index is 10.6. The van der Waals surface area contributed by atoms with Crippen molar-refractivity contribution in [2.24, 2.45) is 0 Å². The highest BCUT2D eigenvalue weighted by Crippen LogP contribution is 2.46. The summed E-state index contributed by atoms with van der Waals surface area (Å²) in [5.74, 6) is 0. The molecule has 0 aliphatic carbocycles. The first-order valence-corrected chi connectivity index (χ1v) is 6.73. The third-order valence-corrected chi connectivity index (χ3v) is 4.26. The molecule has 0 bridgehead atoms. The van der Waals surface area contributed by atoms with Crippen LogP contribution in [-0.4, -0.2) is 6.29 Å². The van der Waals surface area contributed by atoms with Crippen LogP contribution in [0.1, 0.15) is 26.9 Å². The molecule has 1 aliphatic heterocycles. The van der Waals surface area contributed by atoms with Gasteiger partial charge >= 0.3 is 0 Å². The predicted molar refractivity (Wildman–Crippen MR) is 75.2 cm³/mol. The van der Waals surface area contributed by atoms with Crippen molar-refractivity contribution in [3.8, 4) is 0 Å². The van der Waals surface area contributed by atoms with Gasteiger partial charge in [0.1, 0.15) is 11.7 Å². The second-order valence-electron chi connectivity index (χ2n) is 4.43. The van der Waals surface area contributed by atoms with Gasteiger partial charge in [-0.2, -0.15) is 0 Å². The lowest BCUT2D eigenvalue weighted by Crippen LogP contribution is -2.00. The molecule has 2 aromatic rings. The molecule has 0 amide bonds. The molecule has 1 aliphatic rings. The fraction of sp³-hybridized carbons (Fsp3) is 0.133. The summed E-state index contributed by atoms with van der Waals surface area (Å²) in [6, 6.07) is 14.2. The Morgan fingerprint density at radius 1 is 1.17 bits per heavy atom. The molecule has 0 aromatic heterocycles. The molecular formula is C15H13NOS. The van der Waals surface area contributed by atoms with E-state index >= 15 is 0 Å². The predicted octanol–water partition coefficient (Wildman–Crippen LogP) is 4.02. The maximum absolute atomic E-state index is 10.6. The number of carbonyl (C=O) groups excluding carboxylic acids is 1. The van der Waals surface area contributed by atoms with E-state index in [1.165, 1.54) is 21.7 Å². The number of fused-ring (bicyclic) bond motifs is 1. The van der Waals surface area contributed by atoms with Crippen LogP contribution >= 0.6 is 11.8 Å². The van der Waals surface area contributed by atoms with Gasteiger partial charge in [-0.25, -0.2) is 0 Å². The summed E-state index contributed by atoms with van der Waals surface area (Å²) in [5.41, 5.74) is 4.38. The first kappa shape index (κ1) is 11.4. The number of hydrogen-bond donors (Lipinski definition) is 1. The SMILES string of the molecule is Cc1ccc2c(c1)SC(c1ccc(C=O)cc1)N2. The number of anilines is 1. The van der Waals surface area contributed by atoms with Crippen molar-refractivity contribution in [2.45, 2.75) is 17.2 Å². The van der Waals surface area contributed by atoms with Gasteiger partial charge in [-0.1, -0.05) is 42.1 Å². The summed E-state index contributed by atoms with van der Waals surface area (Å²) < 4.78 is 0. The Balaban J connectivity index is 1.86. The van der Waals surface area contributed by atoms with Crippen LogP contribution in [0.2, 0.25) is 0 Å². The van der Waals surface area contributed by atoms with Crippen LogP contribution in [0.5, 0.6) is 0 Å². The Bertz CT molecular complexity index is 592. The van der Waals surface area contributed by atoms with E-state index in [-0.39, 0.29) is 5.37 Å². The lowest BCUT2D eigenvalue weighted by atomic mass is 10.1. The molecule has 2 nitrogen and oxygen atoms in total. The van der Waals surface area contributed by atoms with E-state index in [1.54, 1.807) is 0 Å². The van der Waals surface area contributed by atoms with Gasteiger partial charge in [0, 0.05) is 16.1 Å². The zero-order valence-electron chi connectivity index (χ0n) is 10.0. The van der Waals surface area contributed by atoms with E-state index < -0.39 is 0 Å². The number of benzene rings is 2. The number of aldehydes is 1. The quantitative estimate of drug-likeness (QED) is 0.822. The zero-order chi connectivity index (χ0) is 12.5. The maximum Gasteiger partial charge on any atom is 0.150 e. The molecule has 1 N–H and O–H groups in total. The molecule has 0 fully saturated rings. The fourth-order valence-corrected chi connectivity index (χ4v) is 3.29. The van der Waals surface area contributed by atoms with Gasteiger partial charge in [0.25, 0.3) is 0 Å². The number of nitrogens with one attached hydrogen (secondary N) is 1. The molecule has 0 spiro atoms. The minimum atomic E-state index is 0.238. The standard InChI is InChI=1S/C15H13NOS/c1-10-2-7-13-14(8-10)18-15(16-13)12-5-3-11(9-17)4-6-12/h2-9,15-16H,1H3. The van der Waals surface area contributed by atoms with Gasteiger partial charge in [-0.05, 0) is 30.2 Å². The van der Waals surface area contributed by atoms with E-state index in [2.05, 4.69) is 30.4 Å². The van der Waals surface area contributed by atoms with E-state index in [4.69, 9.17) is 0 Å². The van der Waals surface area contributed by atoms with Crippen LogP contribution in [0.15, 0.2) is 47.4 Å². The Kier molecular flexibility index (Phi) is 2.84. The first-order chi connectivity index (χ1) is 8.76. The van der Waals surface area contributed by atoms with Crippen molar-refractivity contribution in [3.05, 3.63) is 59.2 Å². The molecule has 1 heterocycles. The van der Waals surface area contributed by atoms with Crippen molar-refractivity contribution in [1.82, 2.24) is 0 Å². The smallest absolute Gasteiger partial charge is 0.150 e. The van der Waals surface area contributed by atoms with E-state index in [1.807, 2.05) is 36.0 Å². The van der Waals surface area contributed by atoms with E-state index in [0.717, 1.165) is 11.8 Å². The second kappa shape index (κ2) is 4.50. The van der Waals surface area contributed by atoms with Crippen LogP contribution in [0, 0.1) is 6.92 Å². The van der Waals surface area contributed by atoms with Gasteiger partial charge in [0.15, 0.2) is 0 Å². The second-order valence-corrected chi connectivity index (χ2v) is 5.57. The van der Waals surface area contributed by atoms with Gasteiger partial charge < -0.3 is 5.32 Å². The molecule has 3 heteroatoms. The molecule has 1 atom stereocenters. The van der Waals surface area contributed by atoms with Crippen LogP contribution in [-0.2, 0) is 0 Å².